The van der Waals surface area contributed by atoms with Crippen molar-refractivity contribution in [1.29, 1.82) is 0 Å². The van der Waals surface area contributed by atoms with Gasteiger partial charge in [-0.15, -0.1) is 0 Å². The number of carbonyl (C=O) groups is 1. The Hall–Kier alpha value is -1.77. The van der Waals surface area contributed by atoms with Crippen LogP contribution < -0.4 is 0 Å². The quantitative estimate of drug-likeness (QED) is 0.670. The second-order valence-electron chi connectivity index (χ2n) is 3.52. The van der Waals surface area contributed by atoms with E-state index in [4.69, 9.17) is 9.15 Å². The van der Waals surface area contributed by atoms with E-state index in [1.54, 1.807) is 0 Å². The number of hydrogen-bond acceptors (Lipinski definition) is 3. The van der Waals surface area contributed by atoms with Crippen LogP contribution >= 0.6 is 0 Å². The first-order valence-corrected chi connectivity index (χ1v) is 4.71. The largest absolute Gasteiger partial charge is 0.465 e. The average molecular weight is 204 g/mol. The molecule has 3 heteroatoms. The van der Waals surface area contributed by atoms with Gasteiger partial charge in [-0.2, -0.15) is 0 Å². The molecule has 0 bridgehead atoms. The van der Waals surface area contributed by atoms with Crippen LogP contribution in [-0.4, -0.2) is 13.1 Å². The van der Waals surface area contributed by atoms with Crippen LogP contribution in [0.3, 0.4) is 0 Å². The van der Waals surface area contributed by atoms with E-state index in [9.17, 15) is 4.79 Å². The molecule has 0 atom stereocenters. The monoisotopic (exact) mass is 204 g/mol. The van der Waals surface area contributed by atoms with Crippen molar-refractivity contribution in [2.24, 2.45) is 0 Å². The zero-order valence-corrected chi connectivity index (χ0v) is 8.96. The van der Waals surface area contributed by atoms with Crippen molar-refractivity contribution in [3.8, 4) is 0 Å². The Bertz CT molecular complexity index is 523. The van der Waals surface area contributed by atoms with Crippen molar-refractivity contribution in [3.63, 3.8) is 0 Å². The van der Waals surface area contributed by atoms with Gasteiger partial charge in [0, 0.05) is 5.39 Å². The summed E-state index contributed by atoms with van der Waals surface area (Å²) in [6.07, 6.45) is 0. The molecule has 2 aromatic rings. The first-order chi connectivity index (χ1) is 7.13. The number of fused-ring (bicyclic) bond motifs is 1. The lowest BCUT2D eigenvalue weighted by Gasteiger charge is -2.03. The van der Waals surface area contributed by atoms with Gasteiger partial charge in [0.2, 0.25) is 0 Å². The summed E-state index contributed by atoms with van der Waals surface area (Å²) < 4.78 is 10.2. The summed E-state index contributed by atoms with van der Waals surface area (Å²) in [6.45, 7) is 3.72. The van der Waals surface area contributed by atoms with Crippen molar-refractivity contribution in [3.05, 3.63) is 35.1 Å². The summed E-state index contributed by atoms with van der Waals surface area (Å²) >= 11 is 0. The molecule has 0 saturated heterocycles. The summed E-state index contributed by atoms with van der Waals surface area (Å²) in [5, 5.41) is 0.929. The molecule has 0 saturated carbocycles. The summed E-state index contributed by atoms with van der Waals surface area (Å²) in [4.78, 5) is 11.6. The molecule has 0 aliphatic rings. The molecule has 0 radical (unpaired) electrons. The summed E-state index contributed by atoms with van der Waals surface area (Å²) in [5.74, 6) is 0.438. The molecule has 78 valence electrons. The second kappa shape index (κ2) is 3.42. The Morgan fingerprint density at radius 2 is 2.07 bits per heavy atom. The number of aryl methyl sites for hydroxylation is 2. The molecule has 0 N–H and O–H groups in total. The van der Waals surface area contributed by atoms with Gasteiger partial charge in [0.15, 0.2) is 0 Å². The van der Waals surface area contributed by atoms with Gasteiger partial charge in [0.25, 0.3) is 0 Å². The predicted molar refractivity (Wildman–Crippen MR) is 57.0 cm³/mol. The number of rotatable bonds is 1. The van der Waals surface area contributed by atoms with Crippen LogP contribution in [-0.2, 0) is 4.74 Å². The SMILES string of the molecule is COC(=O)c1c(C)ccc2cc(C)oc12. The van der Waals surface area contributed by atoms with E-state index < -0.39 is 0 Å². The van der Waals surface area contributed by atoms with E-state index in [0.717, 1.165) is 16.7 Å². The topological polar surface area (TPSA) is 39.4 Å². The van der Waals surface area contributed by atoms with Gasteiger partial charge in [0.05, 0.1) is 7.11 Å². The van der Waals surface area contributed by atoms with E-state index in [1.807, 2.05) is 32.0 Å². The van der Waals surface area contributed by atoms with Gasteiger partial charge < -0.3 is 9.15 Å². The zero-order valence-electron chi connectivity index (χ0n) is 8.96. The molecule has 0 amide bonds. The molecular formula is C12H12O3. The Morgan fingerprint density at radius 1 is 1.33 bits per heavy atom. The minimum absolute atomic E-state index is 0.354. The molecular weight excluding hydrogens is 192 g/mol. The second-order valence-corrected chi connectivity index (χ2v) is 3.52. The Balaban J connectivity index is 2.78. The highest BCUT2D eigenvalue weighted by Crippen LogP contribution is 2.25. The number of methoxy groups -OCH3 is 1. The average Bonchev–Trinajstić information content (AvgIpc) is 2.57. The Morgan fingerprint density at radius 3 is 2.73 bits per heavy atom. The van der Waals surface area contributed by atoms with Crippen molar-refractivity contribution in [1.82, 2.24) is 0 Å². The molecule has 1 heterocycles. The van der Waals surface area contributed by atoms with Crippen molar-refractivity contribution in [2.45, 2.75) is 13.8 Å². The summed E-state index contributed by atoms with van der Waals surface area (Å²) in [6, 6.07) is 5.73. The van der Waals surface area contributed by atoms with Gasteiger partial charge in [-0.3, -0.25) is 0 Å². The molecule has 3 nitrogen and oxygen atoms in total. The van der Waals surface area contributed by atoms with E-state index in [2.05, 4.69) is 0 Å². The van der Waals surface area contributed by atoms with E-state index in [0.29, 0.717) is 11.1 Å². The fourth-order valence-corrected chi connectivity index (χ4v) is 1.69. The van der Waals surface area contributed by atoms with Crippen molar-refractivity contribution < 1.29 is 13.9 Å². The van der Waals surface area contributed by atoms with Gasteiger partial charge in [-0.25, -0.2) is 4.79 Å². The fraction of sp³-hybridized carbons (Fsp3) is 0.250. The number of carbonyl (C=O) groups excluding carboxylic acids is 1. The highest BCUT2D eigenvalue weighted by atomic mass is 16.5. The van der Waals surface area contributed by atoms with E-state index in [-0.39, 0.29) is 5.97 Å². The normalized spacial score (nSPS) is 10.6. The highest BCUT2D eigenvalue weighted by molar-refractivity contribution is 6.03. The lowest BCUT2D eigenvalue weighted by atomic mass is 10.1. The molecule has 1 aromatic carbocycles. The minimum Gasteiger partial charge on any atom is -0.465 e. The third-order valence-corrected chi connectivity index (χ3v) is 2.41. The van der Waals surface area contributed by atoms with Crippen molar-refractivity contribution in [2.75, 3.05) is 7.11 Å². The lowest BCUT2D eigenvalue weighted by molar-refractivity contribution is 0.0601. The Kier molecular flexibility index (Phi) is 2.23. The number of furan rings is 1. The third kappa shape index (κ3) is 1.50. The van der Waals surface area contributed by atoms with Crippen LogP contribution in [0.5, 0.6) is 0 Å². The standard InChI is InChI=1S/C12H12O3/c1-7-4-5-9-6-8(2)15-11(9)10(7)12(13)14-3/h4-6H,1-3H3. The molecule has 0 aliphatic heterocycles. The molecule has 0 unspecified atom stereocenters. The van der Waals surface area contributed by atoms with Crippen LogP contribution in [0, 0.1) is 13.8 Å². The number of hydrogen-bond donors (Lipinski definition) is 0. The van der Waals surface area contributed by atoms with Crippen molar-refractivity contribution >= 4 is 16.9 Å². The van der Waals surface area contributed by atoms with Crippen LogP contribution in [0.4, 0.5) is 0 Å². The molecule has 15 heavy (non-hydrogen) atoms. The predicted octanol–water partition coefficient (Wildman–Crippen LogP) is 2.84. The third-order valence-electron chi connectivity index (χ3n) is 2.41. The van der Waals surface area contributed by atoms with Crippen LogP contribution in [0.15, 0.2) is 22.6 Å². The number of benzene rings is 1. The molecule has 0 fully saturated rings. The molecule has 0 aliphatic carbocycles. The summed E-state index contributed by atoms with van der Waals surface area (Å²) in [7, 11) is 1.37. The number of ether oxygens (including phenoxy) is 1. The Labute approximate surface area is 87.6 Å². The van der Waals surface area contributed by atoms with Crippen LogP contribution in [0.25, 0.3) is 11.0 Å². The lowest BCUT2D eigenvalue weighted by Crippen LogP contribution is -2.03. The van der Waals surface area contributed by atoms with Gasteiger partial charge in [0.1, 0.15) is 16.9 Å². The van der Waals surface area contributed by atoms with Gasteiger partial charge in [-0.1, -0.05) is 12.1 Å². The minimum atomic E-state index is -0.354. The smallest absolute Gasteiger partial charge is 0.341 e. The molecule has 1 aromatic heterocycles. The van der Waals surface area contributed by atoms with E-state index >= 15 is 0 Å². The van der Waals surface area contributed by atoms with Gasteiger partial charge in [-0.05, 0) is 25.5 Å². The first kappa shape index (κ1) is 9.77. The van der Waals surface area contributed by atoms with E-state index in [1.165, 1.54) is 7.11 Å². The number of esters is 1. The summed E-state index contributed by atoms with van der Waals surface area (Å²) in [5.41, 5.74) is 1.99. The first-order valence-electron chi connectivity index (χ1n) is 4.71. The molecule has 0 spiro atoms. The maximum absolute atomic E-state index is 11.6. The fourth-order valence-electron chi connectivity index (χ4n) is 1.69. The maximum Gasteiger partial charge on any atom is 0.341 e. The van der Waals surface area contributed by atoms with Crippen LogP contribution in [0.1, 0.15) is 21.7 Å². The maximum atomic E-state index is 11.6. The highest BCUT2D eigenvalue weighted by Gasteiger charge is 2.16. The molecule has 2 rings (SSSR count). The van der Waals surface area contributed by atoms with Crippen LogP contribution in [0.2, 0.25) is 0 Å². The zero-order chi connectivity index (χ0) is 11.0. The van der Waals surface area contributed by atoms with Gasteiger partial charge >= 0.3 is 5.97 Å².